The Labute approximate surface area is 132 Å². The quantitative estimate of drug-likeness (QED) is 0.661. The van der Waals surface area contributed by atoms with Gasteiger partial charge in [-0.25, -0.2) is 4.39 Å². The first kappa shape index (κ1) is 14.5. The van der Waals surface area contributed by atoms with Gasteiger partial charge in [-0.3, -0.25) is 10.1 Å². The lowest BCUT2D eigenvalue weighted by atomic mass is 10.2. The van der Waals surface area contributed by atoms with Crippen LogP contribution < -0.4 is 10.6 Å². The van der Waals surface area contributed by atoms with Crippen LogP contribution in [0.2, 0.25) is 0 Å². The molecule has 1 aliphatic heterocycles. The monoisotopic (exact) mass is 315 g/mol. The van der Waals surface area contributed by atoms with Crippen LogP contribution in [-0.2, 0) is 4.79 Å². The van der Waals surface area contributed by atoms with Gasteiger partial charge in [0.15, 0.2) is 5.11 Å². The summed E-state index contributed by atoms with van der Waals surface area (Å²) < 4.78 is 15.4. The fourth-order valence-electron chi connectivity index (χ4n) is 2.58. The van der Waals surface area contributed by atoms with Crippen molar-refractivity contribution in [3.05, 3.63) is 58.8 Å². The van der Waals surface area contributed by atoms with Gasteiger partial charge in [-0.1, -0.05) is 6.07 Å². The van der Waals surface area contributed by atoms with Crippen LogP contribution in [0.15, 0.2) is 36.0 Å². The van der Waals surface area contributed by atoms with Crippen LogP contribution >= 0.6 is 12.2 Å². The average Bonchev–Trinajstić information content (AvgIpc) is 2.90. The summed E-state index contributed by atoms with van der Waals surface area (Å²) in [6.45, 7) is 3.86. The molecular formula is C16H14FN3OS. The van der Waals surface area contributed by atoms with Crippen molar-refractivity contribution in [2.75, 3.05) is 0 Å². The lowest BCUT2D eigenvalue weighted by Gasteiger charge is -2.09. The first-order chi connectivity index (χ1) is 10.5. The summed E-state index contributed by atoms with van der Waals surface area (Å²) in [6, 6.07) is 8.35. The lowest BCUT2D eigenvalue weighted by molar-refractivity contribution is -0.115. The number of aryl methyl sites for hydroxylation is 1. The molecule has 1 aromatic heterocycles. The number of halogens is 1. The number of amides is 1. The van der Waals surface area contributed by atoms with E-state index in [0.717, 1.165) is 22.6 Å². The molecule has 1 fully saturated rings. The van der Waals surface area contributed by atoms with E-state index in [0.29, 0.717) is 10.8 Å². The largest absolute Gasteiger partial charge is 0.328 e. The van der Waals surface area contributed by atoms with Crippen LogP contribution in [0.1, 0.15) is 17.0 Å². The van der Waals surface area contributed by atoms with Crippen LogP contribution in [0.4, 0.5) is 4.39 Å². The summed E-state index contributed by atoms with van der Waals surface area (Å²) >= 11 is 4.91. The predicted octanol–water partition coefficient (Wildman–Crippen LogP) is 2.58. The molecule has 3 rings (SSSR count). The molecule has 112 valence electrons. The summed E-state index contributed by atoms with van der Waals surface area (Å²) in [5.41, 5.74) is 3.91. The molecule has 0 saturated carbocycles. The van der Waals surface area contributed by atoms with E-state index >= 15 is 0 Å². The molecule has 22 heavy (non-hydrogen) atoms. The number of hydrogen-bond donors (Lipinski definition) is 2. The van der Waals surface area contributed by atoms with Gasteiger partial charge in [-0.2, -0.15) is 0 Å². The topological polar surface area (TPSA) is 46.1 Å². The maximum atomic E-state index is 13.4. The minimum atomic E-state index is -0.285. The van der Waals surface area contributed by atoms with E-state index in [9.17, 15) is 9.18 Å². The first-order valence-electron chi connectivity index (χ1n) is 6.74. The van der Waals surface area contributed by atoms with Gasteiger partial charge in [0.2, 0.25) is 0 Å². The highest BCUT2D eigenvalue weighted by Gasteiger charge is 2.21. The predicted molar refractivity (Wildman–Crippen MR) is 87.1 cm³/mol. The Morgan fingerprint density at radius 3 is 2.64 bits per heavy atom. The number of benzene rings is 1. The molecule has 0 bridgehead atoms. The molecule has 2 aromatic rings. The van der Waals surface area contributed by atoms with Crippen LogP contribution in [-0.4, -0.2) is 15.6 Å². The fraction of sp³-hybridized carbons (Fsp3) is 0.125. The van der Waals surface area contributed by atoms with Gasteiger partial charge in [0, 0.05) is 17.1 Å². The first-order valence-corrected chi connectivity index (χ1v) is 7.15. The third kappa shape index (κ3) is 2.53. The standard InChI is InChI=1S/C16H14FN3OS/c1-9-6-11(7-14-15(21)19-16(22)18-14)10(2)20(9)13-5-3-4-12(17)8-13/h3-8H,1-2H3,(H2,18,19,21,22)/b14-7-. The second-order valence-electron chi connectivity index (χ2n) is 5.11. The zero-order valence-electron chi connectivity index (χ0n) is 12.1. The molecule has 2 N–H and O–H groups in total. The smallest absolute Gasteiger partial charge is 0.273 e. The molecule has 2 heterocycles. The molecule has 1 aromatic carbocycles. The molecule has 1 aliphatic rings. The summed E-state index contributed by atoms with van der Waals surface area (Å²) in [5, 5.41) is 5.64. The highest BCUT2D eigenvalue weighted by Crippen LogP contribution is 2.23. The van der Waals surface area contributed by atoms with Crippen molar-refractivity contribution in [2.45, 2.75) is 13.8 Å². The number of thiocarbonyl (C=S) groups is 1. The molecule has 1 amide bonds. The van der Waals surface area contributed by atoms with Crippen LogP contribution in [0.3, 0.4) is 0 Å². The van der Waals surface area contributed by atoms with Gasteiger partial charge in [-0.05, 0) is 62.0 Å². The number of nitrogens with zero attached hydrogens (tertiary/aromatic N) is 1. The van der Waals surface area contributed by atoms with Crippen molar-refractivity contribution in [3.63, 3.8) is 0 Å². The molecular weight excluding hydrogens is 301 g/mol. The van der Waals surface area contributed by atoms with Crippen molar-refractivity contribution < 1.29 is 9.18 Å². The van der Waals surface area contributed by atoms with Gasteiger partial charge >= 0.3 is 0 Å². The number of nitrogens with one attached hydrogen (secondary N) is 2. The van der Waals surface area contributed by atoms with Crippen molar-refractivity contribution >= 4 is 29.3 Å². The number of carbonyl (C=O) groups excluding carboxylic acids is 1. The number of rotatable bonds is 2. The Hall–Kier alpha value is -2.47. The molecule has 4 nitrogen and oxygen atoms in total. The van der Waals surface area contributed by atoms with E-state index in [2.05, 4.69) is 10.6 Å². The summed E-state index contributed by atoms with van der Waals surface area (Å²) in [7, 11) is 0. The second kappa shape index (κ2) is 5.38. The van der Waals surface area contributed by atoms with Gasteiger partial charge in [0.05, 0.1) is 0 Å². The number of aromatic nitrogens is 1. The fourth-order valence-corrected chi connectivity index (χ4v) is 2.79. The van der Waals surface area contributed by atoms with E-state index in [1.165, 1.54) is 12.1 Å². The summed E-state index contributed by atoms with van der Waals surface area (Å²) in [5.74, 6) is -0.535. The minimum absolute atomic E-state index is 0.249. The van der Waals surface area contributed by atoms with E-state index in [-0.39, 0.29) is 11.7 Å². The van der Waals surface area contributed by atoms with Gasteiger partial charge < -0.3 is 9.88 Å². The Kier molecular flexibility index (Phi) is 3.54. The minimum Gasteiger partial charge on any atom is -0.328 e. The maximum absolute atomic E-state index is 13.4. The normalized spacial score (nSPS) is 16.0. The lowest BCUT2D eigenvalue weighted by Crippen LogP contribution is -2.21. The zero-order chi connectivity index (χ0) is 15.9. The van der Waals surface area contributed by atoms with Gasteiger partial charge in [0.25, 0.3) is 5.91 Å². The van der Waals surface area contributed by atoms with E-state index in [1.54, 1.807) is 12.1 Å². The molecule has 0 unspecified atom stereocenters. The van der Waals surface area contributed by atoms with Crippen molar-refractivity contribution in [3.8, 4) is 5.69 Å². The maximum Gasteiger partial charge on any atom is 0.273 e. The summed E-state index contributed by atoms with van der Waals surface area (Å²) in [6.07, 6.45) is 1.74. The van der Waals surface area contributed by atoms with E-state index in [4.69, 9.17) is 12.2 Å². The SMILES string of the molecule is Cc1cc(/C=C2\NC(=S)NC2=O)c(C)n1-c1cccc(F)c1. The molecule has 0 atom stereocenters. The Bertz CT molecular complexity index is 823. The Morgan fingerprint density at radius 2 is 2.00 bits per heavy atom. The average molecular weight is 315 g/mol. The highest BCUT2D eigenvalue weighted by atomic mass is 32.1. The van der Waals surface area contributed by atoms with Gasteiger partial charge in [0.1, 0.15) is 11.5 Å². The molecule has 0 spiro atoms. The van der Waals surface area contributed by atoms with Crippen molar-refractivity contribution in [2.24, 2.45) is 0 Å². The van der Waals surface area contributed by atoms with Crippen LogP contribution in [0.25, 0.3) is 11.8 Å². The third-order valence-electron chi connectivity index (χ3n) is 3.56. The van der Waals surface area contributed by atoms with Gasteiger partial charge in [-0.15, -0.1) is 0 Å². The van der Waals surface area contributed by atoms with E-state index in [1.807, 2.05) is 30.5 Å². The zero-order valence-corrected chi connectivity index (χ0v) is 12.9. The van der Waals surface area contributed by atoms with Crippen molar-refractivity contribution in [1.29, 1.82) is 0 Å². The molecule has 0 radical (unpaired) electrons. The van der Waals surface area contributed by atoms with Crippen LogP contribution in [0.5, 0.6) is 0 Å². The number of hydrogen-bond acceptors (Lipinski definition) is 2. The van der Waals surface area contributed by atoms with E-state index < -0.39 is 0 Å². The Morgan fingerprint density at radius 1 is 1.23 bits per heavy atom. The molecule has 0 aliphatic carbocycles. The summed E-state index contributed by atoms with van der Waals surface area (Å²) in [4.78, 5) is 11.7. The molecule has 6 heteroatoms. The third-order valence-corrected chi connectivity index (χ3v) is 3.76. The Balaban J connectivity index is 2.06. The van der Waals surface area contributed by atoms with Crippen LogP contribution in [0, 0.1) is 19.7 Å². The second-order valence-corrected chi connectivity index (χ2v) is 5.52. The van der Waals surface area contributed by atoms with Crippen molar-refractivity contribution in [1.82, 2.24) is 15.2 Å². The highest BCUT2D eigenvalue weighted by molar-refractivity contribution is 7.80. The number of carbonyl (C=O) groups is 1. The molecule has 1 saturated heterocycles.